The van der Waals surface area contributed by atoms with Crippen LogP contribution in [0.25, 0.3) is 21.5 Å². The molecule has 0 aliphatic rings. The van der Waals surface area contributed by atoms with Crippen LogP contribution < -0.4 is 19.2 Å². The SMILES string of the molecule is COc1ccc(N(CC(=O)N/N=C\c2c3ccccc3cc3ccccc23)S(=O)(=O)c2ccccc2[N+](=O)[O-])c(OC)c1. The molecule has 218 valence electrons. The van der Waals surface area contributed by atoms with Crippen molar-refractivity contribution >= 4 is 55.1 Å². The lowest BCUT2D eigenvalue weighted by Gasteiger charge is -2.25. The van der Waals surface area contributed by atoms with E-state index in [0.29, 0.717) is 5.75 Å². The second-order valence-corrected chi connectivity index (χ2v) is 11.1. The maximum atomic E-state index is 13.9. The number of benzene rings is 5. The summed E-state index contributed by atoms with van der Waals surface area (Å²) < 4.78 is 39.2. The highest BCUT2D eigenvalue weighted by Gasteiger charge is 2.34. The van der Waals surface area contributed by atoms with Crippen molar-refractivity contribution in [1.82, 2.24) is 5.43 Å². The quantitative estimate of drug-likeness (QED) is 0.100. The molecule has 0 aliphatic heterocycles. The number of carbonyl (C=O) groups excluding carboxylic acids is 1. The highest BCUT2D eigenvalue weighted by atomic mass is 32.2. The fourth-order valence-electron chi connectivity index (χ4n) is 4.76. The van der Waals surface area contributed by atoms with Gasteiger partial charge in [0, 0.05) is 17.7 Å². The van der Waals surface area contributed by atoms with Gasteiger partial charge in [0.1, 0.15) is 18.0 Å². The molecule has 43 heavy (non-hydrogen) atoms. The normalized spacial score (nSPS) is 11.5. The van der Waals surface area contributed by atoms with Crippen LogP contribution in [-0.4, -0.2) is 46.2 Å². The van der Waals surface area contributed by atoms with Gasteiger partial charge >= 0.3 is 0 Å². The number of carbonyl (C=O) groups is 1. The Bertz CT molecular complexity index is 1940. The van der Waals surface area contributed by atoms with Crippen molar-refractivity contribution in [3.63, 3.8) is 0 Å². The van der Waals surface area contributed by atoms with Crippen molar-refractivity contribution in [1.29, 1.82) is 0 Å². The summed E-state index contributed by atoms with van der Waals surface area (Å²) in [5.41, 5.74) is 2.52. The van der Waals surface area contributed by atoms with E-state index in [1.165, 1.54) is 50.8 Å². The van der Waals surface area contributed by atoms with Gasteiger partial charge in [0.25, 0.3) is 21.6 Å². The van der Waals surface area contributed by atoms with Crippen molar-refractivity contribution in [2.24, 2.45) is 5.10 Å². The standard InChI is InChI=1S/C31H26N4O7S/c1-41-23-15-16-27(29(18-23)42-2)34(43(39,40)30-14-8-7-13-28(30)35(37)38)20-31(36)33-32-19-26-24-11-5-3-9-21(24)17-22-10-4-6-12-25(22)26/h3-19H,20H2,1-2H3,(H,33,36)/b32-19-. The number of methoxy groups -OCH3 is 2. The van der Waals surface area contributed by atoms with Crippen LogP contribution in [0.1, 0.15) is 5.56 Å². The molecular formula is C31H26N4O7S. The number of nitro benzene ring substituents is 1. The molecule has 0 aliphatic carbocycles. The van der Waals surface area contributed by atoms with Gasteiger partial charge in [-0.15, -0.1) is 0 Å². The average molecular weight is 599 g/mol. The van der Waals surface area contributed by atoms with Gasteiger partial charge in [0.2, 0.25) is 0 Å². The Morgan fingerprint density at radius 1 is 0.907 bits per heavy atom. The molecule has 0 heterocycles. The van der Waals surface area contributed by atoms with Gasteiger partial charge in [-0.2, -0.15) is 5.10 Å². The third kappa shape index (κ3) is 5.81. The highest BCUT2D eigenvalue weighted by Crippen LogP contribution is 2.37. The maximum Gasteiger partial charge on any atom is 0.289 e. The first-order valence-electron chi connectivity index (χ1n) is 12.9. The van der Waals surface area contributed by atoms with Crippen molar-refractivity contribution in [3.8, 4) is 11.5 Å². The fourth-order valence-corrected chi connectivity index (χ4v) is 6.35. The smallest absolute Gasteiger partial charge is 0.289 e. The topological polar surface area (TPSA) is 140 Å². The number of ether oxygens (including phenoxy) is 2. The minimum Gasteiger partial charge on any atom is -0.497 e. The minimum atomic E-state index is -4.65. The Morgan fingerprint density at radius 2 is 1.53 bits per heavy atom. The number of amides is 1. The molecular weight excluding hydrogens is 572 g/mol. The van der Waals surface area contributed by atoms with E-state index in [4.69, 9.17) is 9.47 Å². The number of hydrazone groups is 1. The van der Waals surface area contributed by atoms with Gasteiger partial charge in [-0.3, -0.25) is 19.2 Å². The molecule has 1 amide bonds. The van der Waals surface area contributed by atoms with Crippen LogP contribution in [0.3, 0.4) is 0 Å². The van der Waals surface area contributed by atoms with Crippen molar-refractivity contribution in [3.05, 3.63) is 113 Å². The van der Waals surface area contributed by atoms with Crippen LogP contribution in [0.2, 0.25) is 0 Å². The molecule has 0 unspecified atom stereocenters. The predicted molar refractivity (Wildman–Crippen MR) is 164 cm³/mol. The molecule has 0 radical (unpaired) electrons. The fraction of sp³-hybridized carbons (Fsp3) is 0.0968. The van der Waals surface area contributed by atoms with E-state index in [9.17, 15) is 23.3 Å². The maximum absolute atomic E-state index is 13.9. The number of nitrogens with one attached hydrogen (secondary N) is 1. The van der Waals surface area contributed by atoms with Crippen molar-refractivity contribution in [2.75, 3.05) is 25.1 Å². The number of nitrogens with zero attached hydrogens (tertiary/aromatic N) is 3. The molecule has 0 spiro atoms. The number of para-hydroxylation sites is 1. The van der Waals surface area contributed by atoms with Crippen LogP contribution in [-0.2, 0) is 14.8 Å². The van der Waals surface area contributed by atoms with Gasteiger partial charge in [0.05, 0.1) is 31.0 Å². The Kier molecular flexibility index (Phi) is 8.21. The summed E-state index contributed by atoms with van der Waals surface area (Å²) in [6, 6.07) is 26.8. The first-order valence-corrected chi connectivity index (χ1v) is 14.4. The second-order valence-electron chi connectivity index (χ2n) is 9.30. The van der Waals surface area contributed by atoms with E-state index in [1.807, 2.05) is 48.5 Å². The highest BCUT2D eigenvalue weighted by molar-refractivity contribution is 7.93. The molecule has 0 aromatic heterocycles. The van der Waals surface area contributed by atoms with Crippen LogP contribution in [0.5, 0.6) is 11.5 Å². The van der Waals surface area contributed by atoms with E-state index in [-0.39, 0.29) is 11.4 Å². The summed E-state index contributed by atoms with van der Waals surface area (Å²) in [4.78, 5) is 23.6. The molecule has 5 rings (SSSR count). The summed E-state index contributed by atoms with van der Waals surface area (Å²) in [6.45, 7) is -0.759. The average Bonchev–Trinajstić information content (AvgIpc) is 3.02. The summed E-state index contributed by atoms with van der Waals surface area (Å²) in [5.74, 6) is -0.346. The molecule has 0 saturated carbocycles. The van der Waals surface area contributed by atoms with E-state index in [2.05, 4.69) is 16.6 Å². The Balaban J connectivity index is 1.52. The lowest BCUT2D eigenvalue weighted by atomic mass is 9.97. The summed E-state index contributed by atoms with van der Waals surface area (Å²) in [7, 11) is -1.90. The molecule has 5 aromatic rings. The number of hydrogen-bond acceptors (Lipinski definition) is 8. The largest absolute Gasteiger partial charge is 0.497 e. The Hall–Kier alpha value is -5.49. The lowest BCUT2D eigenvalue weighted by Crippen LogP contribution is -2.40. The number of hydrogen-bond donors (Lipinski definition) is 1. The van der Waals surface area contributed by atoms with Crippen LogP contribution in [0, 0.1) is 10.1 Å². The molecule has 0 atom stereocenters. The van der Waals surface area contributed by atoms with Gasteiger partial charge in [-0.1, -0.05) is 60.7 Å². The molecule has 0 bridgehead atoms. The van der Waals surface area contributed by atoms with Gasteiger partial charge in [-0.25, -0.2) is 13.8 Å². The Morgan fingerprint density at radius 3 is 2.16 bits per heavy atom. The van der Waals surface area contributed by atoms with E-state index in [0.717, 1.165) is 43.5 Å². The lowest BCUT2D eigenvalue weighted by molar-refractivity contribution is -0.387. The number of fused-ring (bicyclic) bond motifs is 2. The van der Waals surface area contributed by atoms with Crippen LogP contribution in [0.4, 0.5) is 11.4 Å². The zero-order chi connectivity index (χ0) is 30.6. The second kappa shape index (κ2) is 12.2. The summed E-state index contributed by atoms with van der Waals surface area (Å²) >= 11 is 0. The van der Waals surface area contributed by atoms with E-state index >= 15 is 0 Å². The first kappa shape index (κ1) is 29.0. The minimum absolute atomic E-state index is 0.0272. The number of nitro groups is 1. The molecule has 5 aromatic carbocycles. The number of rotatable bonds is 10. The number of sulfonamides is 1. The van der Waals surface area contributed by atoms with Crippen LogP contribution in [0.15, 0.2) is 107 Å². The Labute approximate surface area is 247 Å². The zero-order valence-corrected chi connectivity index (χ0v) is 23.9. The van der Waals surface area contributed by atoms with Crippen LogP contribution >= 0.6 is 0 Å². The molecule has 11 nitrogen and oxygen atoms in total. The summed E-state index contributed by atoms with van der Waals surface area (Å²) in [6.07, 6.45) is 1.51. The van der Waals surface area contributed by atoms with Gasteiger partial charge in [0.15, 0.2) is 4.90 Å². The molecule has 12 heteroatoms. The number of anilines is 1. The zero-order valence-electron chi connectivity index (χ0n) is 23.1. The summed E-state index contributed by atoms with van der Waals surface area (Å²) in [5, 5.41) is 19.7. The van der Waals surface area contributed by atoms with Crippen molar-refractivity contribution < 1.29 is 27.6 Å². The monoisotopic (exact) mass is 598 g/mol. The first-order chi connectivity index (χ1) is 20.7. The molecule has 1 N–H and O–H groups in total. The molecule has 0 fully saturated rings. The van der Waals surface area contributed by atoms with Gasteiger partial charge < -0.3 is 9.47 Å². The van der Waals surface area contributed by atoms with Crippen molar-refractivity contribution in [2.45, 2.75) is 4.90 Å². The predicted octanol–water partition coefficient (Wildman–Crippen LogP) is 5.26. The van der Waals surface area contributed by atoms with E-state index in [1.54, 1.807) is 0 Å². The molecule has 0 saturated heterocycles. The third-order valence-electron chi connectivity index (χ3n) is 6.77. The van der Waals surface area contributed by atoms with Gasteiger partial charge in [-0.05, 0) is 45.8 Å². The van der Waals surface area contributed by atoms with E-state index < -0.39 is 38.0 Å². The third-order valence-corrected chi connectivity index (χ3v) is 8.58.